The lowest BCUT2D eigenvalue weighted by Crippen LogP contribution is -2.22. The lowest BCUT2D eigenvalue weighted by Gasteiger charge is -2.07. The van der Waals surface area contributed by atoms with Crippen molar-refractivity contribution in [2.75, 3.05) is 0 Å². The van der Waals surface area contributed by atoms with Crippen LogP contribution in [0.1, 0.15) is 23.7 Å². The number of thiazole rings is 1. The minimum absolute atomic E-state index is 0.291. The lowest BCUT2D eigenvalue weighted by atomic mass is 10.1. The largest absolute Gasteiger partial charge is 0.250 e. The third-order valence-corrected chi connectivity index (χ3v) is 7.50. The van der Waals surface area contributed by atoms with Gasteiger partial charge >= 0.3 is 0 Å². The van der Waals surface area contributed by atoms with Crippen molar-refractivity contribution in [2.45, 2.75) is 31.0 Å². The monoisotopic (exact) mass is 378 g/mol. The van der Waals surface area contributed by atoms with Crippen LogP contribution in [0.3, 0.4) is 0 Å². The Kier molecular flexibility index (Phi) is 5.15. The van der Waals surface area contributed by atoms with Gasteiger partial charge in [0.05, 0.1) is 5.69 Å². The molecule has 7 heteroatoms. The van der Waals surface area contributed by atoms with Crippen LogP contribution in [-0.4, -0.2) is 13.4 Å². The van der Waals surface area contributed by atoms with E-state index in [9.17, 15) is 8.42 Å². The molecule has 0 aliphatic carbocycles. The highest BCUT2D eigenvalue weighted by Crippen LogP contribution is 2.30. The Morgan fingerprint density at radius 2 is 1.96 bits per heavy atom. The average Bonchev–Trinajstić information content (AvgIpc) is 3.23. The summed E-state index contributed by atoms with van der Waals surface area (Å²) in [6, 6.07) is 9.45. The number of benzene rings is 1. The van der Waals surface area contributed by atoms with Crippen molar-refractivity contribution in [2.24, 2.45) is 0 Å². The van der Waals surface area contributed by atoms with Gasteiger partial charge in [0.25, 0.3) is 0 Å². The molecule has 126 valence electrons. The standard InChI is InChI=1S/C17H18N2O2S3/c1-3-15-11-23-17(19-15)14-8-16(22-10-14)24(20,21)18-9-13-7-5-4-6-12(13)2/h4-8,10-11,18H,3,9H2,1-2H3. The summed E-state index contributed by atoms with van der Waals surface area (Å²) in [5.74, 6) is 0. The fourth-order valence-electron chi connectivity index (χ4n) is 2.22. The molecule has 3 rings (SSSR count). The molecule has 0 radical (unpaired) electrons. The Morgan fingerprint density at radius 1 is 1.17 bits per heavy atom. The van der Waals surface area contributed by atoms with Gasteiger partial charge in [-0.2, -0.15) is 0 Å². The smallest absolute Gasteiger partial charge is 0.241 e. The number of hydrogen-bond acceptors (Lipinski definition) is 5. The van der Waals surface area contributed by atoms with E-state index in [0.717, 1.165) is 33.8 Å². The van der Waals surface area contributed by atoms with E-state index >= 15 is 0 Å². The molecule has 4 nitrogen and oxygen atoms in total. The Morgan fingerprint density at radius 3 is 2.67 bits per heavy atom. The minimum Gasteiger partial charge on any atom is -0.241 e. The summed E-state index contributed by atoms with van der Waals surface area (Å²) in [6.45, 7) is 4.32. The molecule has 2 heterocycles. The maximum atomic E-state index is 12.5. The molecule has 0 aliphatic heterocycles. The number of nitrogens with zero attached hydrogens (tertiary/aromatic N) is 1. The van der Waals surface area contributed by atoms with Crippen molar-refractivity contribution in [3.8, 4) is 10.6 Å². The van der Waals surface area contributed by atoms with Crippen LogP contribution >= 0.6 is 22.7 Å². The van der Waals surface area contributed by atoms with E-state index in [-0.39, 0.29) is 0 Å². The summed E-state index contributed by atoms with van der Waals surface area (Å²) >= 11 is 2.77. The first kappa shape index (κ1) is 17.3. The fourth-order valence-corrected chi connectivity index (χ4v) is 5.40. The van der Waals surface area contributed by atoms with Crippen molar-refractivity contribution < 1.29 is 8.42 Å². The van der Waals surface area contributed by atoms with Crippen molar-refractivity contribution in [3.63, 3.8) is 0 Å². The first-order valence-electron chi connectivity index (χ1n) is 7.57. The van der Waals surface area contributed by atoms with Gasteiger partial charge in [0.15, 0.2) is 0 Å². The van der Waals surface area contributed by atoms with Gasteiger partial charge in [-0.15, -0.1) is 22.7 Å². The van der Waals surface area contributed by atoms with Gasteiger partial charge in [0, 0.05) is 22.9 Å². The normalized spacial score (nSPS) is 11.8. The van der Waals surface area contributed by atoms with Crippen molar-refractivity contribution in [3.05, 3.63) is 57.9 Å². The van der Waals surface area contributed by atoms with Crippen LogP contribution in [-0.2, 0) is 23.0 Å². The molecule has 0 aliphatic rings. The van der Waals surface area contributed by atoms with E-state index in [1.807, 2.05) is 41.9 Å². The number of thiophene rings is 1. The predicted molar refractivity (Wildman–Crippen MR) is 100 cm³/mol. The van der Waals surface area contributed by atoms with Crippen LogP contribution in [0.25, 0.3) is 10.6 Å². The van der Waals surface area contributed by atoms with Gasteiger partial charge in [0.2, 0.25) is 10.0 Å². The number of rotatable bonds is 6. The Bertz CT molecular complexity index is 942. The summed E-state index contributed by atoms with van der Waals surface area (Å²) in [4.78, 5) is 4.51. The summed E-state index contributed by atoms with van der Waals surface area (Å²) in [6.07, 6.45) is 0.879. The summed E-state index contributed by atoms with van der Waals surface area (Å²) in [7, 11) is -3.52. The van der Waals surface area contributed by atoms with Crippen molar-refractivity contribution >= 4 is 32.7 Å². The Balaban J connectivity index is 1.77. The molecule has 0 fully saturated rings. The fraction of sp³-hybridized carbons (Fsp3) is 0.235. The van der Waals surface area contributed by atoms with E-state index < -0.39 is 10.0 Å². The number of sulfonamides is 1. The number of nitrogens with one attached hydrogen (secondary N) is 1. The highest BCUT2D eigenvalue weighted by molar-refractivity contribution is 7.91. The molecule has 0 amide bonds. The molecule has 2 aromatic heterocycles. The number of aryl methyl sites for hydroxylation is 2. The highest BCUT2D eigenvalue weighted by atomic mass is 32.2. The van der Waals surface area contributed by atoms with Gasteiger partial charge in [-0.1, -0.05) is 31.2 Å². The van der Waals surface area contributed by atoms with Gasteiger partial charge < -0.3 is 0 Å². The van der Waals surface area contributed by atoms with Crippen molar-refractivity contribution in [1.29, 1.82) is 0 Å². The van der Waals surface area contributed by atoms with E-state index in [2.05, 4.69) is 16.6 Å². The van der Waals surface area contributed by atoms with Crippen molar-refractivity contribution in [1.82, 2.24) is 9.71 Å². The quantitative estimate of drug-likeness (QED) is 0.698. The van der Waals surface area contributed by atoms with E-state index in [4.69, 9.17) is 0 Å². The van der Waals surface area contributed by atoms with E-state index in [0.29, 0.717) is 10.8 Å². The zero-order chi connectivity index (χ0) is 17.2. The third kappa shape index (κ3) is 3.75. The minimum atomic E-state index is -3.52. The van der Waals surface area contributed by atoms with Crippen LogP contribution in [0.5, 0.6) is 0 Å². The molecule has 24 heavy (non-hydrogen) atoms. The Labute approximate surface area is 150 Å². The van der Waals surface area contributed by atoms with Gasteiger partial charge in [-0.25, -0.2) is 18.1 Å². The number of hydrogen-bond donors (Lipinski definition) is 1. The first-order valence-corrected chi connectivity index (χ1v) is 10.8. The van der Waals surface area contributed by atoms with Gasteiger partial charge in [-0.3, -0.25) is 0 Å². The zero-order valence-electron chi connectivity index (χ0n) is 13.4. The molecule has 0 bridgehead atoms. The molecule has 0 atom stereocenters. The molecular formula is C17H18N2O2S3. The molecule has 3 aromatic rings. The zero-order valence-corrected chi connectivity index (χ0v) is 15.9. The highest BCUT2D eigenvalue weighted by Gasteiger charge is 2.18. The van der Waals surface area contributed by atoms with E-state index in [1.54, 1.807) is 17.4 Å². The van der Waals surface area contributed by atoms with Crippen LogP contribution in [0.15, 0.2) is 45.3 Å². The van der Waals surface area contributed by atoms with Crippen LogP contribution in [0.4, 0.5) is 0 Å². The third-order valence-electron chi connectivity index (χ3n) is 3.72. The van der Waals surface area contributed by atoms with Crippen LogP contribution in [0.2, 0.25) is 0 Å². The molecule has 1 N–H and O–H groups in total. The topological polar surface area (TPSA) is 59.1 Å². The predicted octanol–water partition coefficient (Wildman–Crippen LogP) is 4.22. The molecule has 0 saturated carbocycles. The molecule has 0 spiro atoms. The SMILES string of the molecule is CCc1csc(-c2csc(S(=O)(=O)NCc3ccccc3C)c2)n1. The summed E-state index contributed by atoms with van der Waals surface area (Å²) in [5.41, 5.74) is 3.94. The maximum Gasteiger partial charge on any atom is 0.250 e. The average molecular weight is 379 g/mol. The second-order valence-corrected chi connectivity index (χ2v) is 9.17. The molecule has 1 aromatic carbocycles. The summed E-state index contributed by atoms with van der Waals surface area (Å²) < 4.78 is 28.0. The van der Waals surface area contributed by atoms with Gasteiger partial charge in [-0.05, 0) is 30.5 Å². The van der Waals surface area contributed by atoms with E-state index in [1.165, 1.54) is 11.3 Å². The van der Waals surface area contributed by atoms with Crippen LogP contribution < -0.4 is 4.72 Å². The Hall–Kier alpha value is -1.54. The second-order valence-electron chi connectivity index (χ2n) is 5.40. The molecular weight excluding hydrogens is 360 g/mol. The first-order chi connectivity index (χ1) is 11.5. The number of aromatic nitrogens is 1. The maximum absolute atomic E-state index is 12.5. The summed E-state index contributed by atoms with van der Waals surface area (Å²) in [5, 5.41) is 4.72. The molecule has 0 saturated heterocycles. The lowest BCUT2D eigenvalue weighted by molar-refractivity contribution is 0.583. The van der Waals surface area contributed by atoms with Gasteiger partial charge in [0.1, 0.15) is 9.22 Å². The van der Waals surface area contributed by atoms with Crippen LogP contribution in [0, 0.1) is 6.92 Å². The molecule has 0 unspecified atom stereocenters. The second kappa shape index (κ2) is 7.14.